The van der Waals surface area contributed by atoms with Crippen LogP contribution in [0.2, 0.25) is 0 Å². The molecule has 3 nitrogen and oxygen atoms in total. The second kappa shape index (κ2) is 7.84. The normalized spacial score (nSPS) is 11.9. The topological polar surface area (TPSA) is 38.3 Å². The molecule has 0 aromatic heterocycles. The maximum absolute atomic E-state index is 12.5. The van der Waals surface area contributed by atoms with Gasteiger partial charge in [0.25, 0.3) is 5.91 Å². The molecule has 0 saturated carbocycles. The fourth-order valence-electron chi connectivity index (χ4n) is 2.83. The summed E-state index contributed by atoms with van der Waals surface area (Å²) in [6, 6.07) is 22.2. The fraction of sp³-hybridized carbons (Fsp3) is 0.227. The summed E-state index contributed by atoms with van der Waals surface area (Å²) in [5.41, 5.74) is 2.20. The summed E-state index contributed by atoms with van der Waals surface area (Å²) in [7, 11) is 0. The predicted molar refractivity (Wildman–Crippen MR) is 102 cm³/mol. The molecule has 3 heteroatoms. The van der Waals surface area contributed by atoms with Crippen LogP contribution in [-0.2, 0) is 11.3 Å². The molecule has 0 heterocycles. The van der Waals surface area contributed by atoms with Crippen molar-refractivity contribution >= 4 is 16.7 Å². The van der Waals surface area contributed by atoms with Gasteiger partial charge < -0.3 is 10.1 Å². The molecule has 3 aromatic carbocycles. The standard InChI is InChI=1S/C22H23NO2/c1-3-21(25-20-10-6-7-16(2)13-20)22(24)23-15-17-11-12-18-8-4-5-9-19(18)14-17/h4-14,21H,3,15H2,1-2H3,(H,23,24)/t21-/m1/s1. The molecule has 0 aliphatic heterocycles. The van der Waals surface area contributed by atoms with E-state index in [4.69, 9.17) is 4.74 Å². The molecule has 0 spiro atoms. The Hall–Kier alpha value is -2.81. The zero-order valence-corrected chi connectivity index (χ0v) is 14.7. The number of benzene rings is 3. The lowest BCUT2D eigenvalue weighted by Gasteiger charge is -2.17. The van der Waals surface area contributed by atoms with E-state index in [0.29, 0.717) is 13.0 Å². The molecule has 1 amide bonds. The van der Waals surface area contributed by atoms with E-state index in [1.54, 1.807) is 0 Å². The van der Waals surface area contributed by atoms with E-state index in [9.17, 15) is 4.79 Å². The Morgan fingerprint density at radius 1 is 1.00 bits per heavy atom. The molecule has 3 aromatic rings. The van der Waals surface area contributed by atoms with E-state index in [1.165, 1.54) is 10.8 Å². The summed E-state index contributed by atoms with van der Waals surface area (Å²) in [4.78, 5) is 12.5. The van der Waals surface area contributed by atoms with Crippen molar-refractivity contribution in [3.05, 3.63) is 77.9 Å². The van der Waals surface area contributed by atoms with Crippen molar-refractivity contribution in [2.24, 2.45) is 0 Å². The van der Waals surface area contributed by atoms with Crippen LogP contribution in [0.5, 0.6) is 5.75 Å². The largest absolute Gasteiger partial charge is 0.481 e. The molecule has 0 aliphatic carbocycles. The number of hydrogen-bond acceptors (Lipinski definition) is 2. The fourth-order valence-corrected chi connectivity index (χ4v) is 2.83. The van der Waals surface area contributed by atoms with Crippen LogP contribution in [0.15, 0.2) is 66.7 Å². The third-order valence-electron chi connectivity index (χ3n) is 4.21. The molecule has 0 unspecified atom stereocenters. The average molecular weight is 333 g/mol. The second-order valence-corrected chi connectivity index (χ2v) is 6.23. The number of carbonyl (C=O) groups excluding carboxylic acids is 1. The average Bonchev–Trinajstić information content (AvgIpc) is 2.64. The number of aryl methyl sites for hydroxylation is 1. The Balaban J connectivity index is 1.63. The number of ether oxygens (including phenoxy) is 1. The highest BCUT2D eigenvalue weighted by atomic mass is 16.5. The Labute approximate surface area is 148 Å². The number of fused-ring (bicyclic) bond motifs is 1. The zero-order valence-electron chi connectivity index (χ0n) is 14.7. The van der Waals surface area contributed by atoms with Crippen molar-refractivity contribution in [3.8, 4) is 5.75 Å². The van der Waals surface area contributed by atoms with Crippen LogP contribution in [0.4, 0.5) is 0 Å². The number of hydrogen-bond donors (Lipinski definition) is 1. The maximum atomic E-state index is 12.5. The van der Waals surface area contributed by atoms with Gasteiger partial charge >= 0.3 is 0 Å². The minimum absolute atomic E-state index is 0.0860. The van der Waals surface area contributed by atoms with Gasteiger partial charge in [0, 0.05) is 6.54 Å². The van der Waals surface area contributed by atoms with E-state index in [1.807, 2.05) is 56.3 Å². The molecule has 0 bridgehead atoms. The van der Waals surface area contributed by atoms with Crippen molar-refractivity contribution in [3.63, 3.8) is 0 Å². The Morgan fingerprint density at radius 2 is 1.80 bits per heavy atom. The molecular formula is C22H23NO2. The van der Waals surface area contributed by atoms with Crippen molar-refractivity contribution < 1.29 is 9.53 Å². The lowest BCUT2D eigenvalue weighted by Crippen LogP contribution is -2.37. The number of rotatable bonds is 6. The van der Waals surface area contributed by atoms with E-state index in [2.05, 4.69) is 29.6 Å². The first kappa shape index (κ1) is 17.0. The van der Waals surface area contributed by atoms with Crippen LogP contribution in [0.25, 0.3) is 10.8 Å². The summed E-state index contributed by atoms with van der Waals surface area (Å²) < 4.78 is 5.85. The maximum Gasteiger partial charge on any atom is 0.261 e. The highest BCUT2D eigenvalue weighted by Crippen LogP contribution is 2.17. The minimum Gasteiger partial charge on any atom is -0.481 e. The van der Waals surface area contributed by atoms with Gasteiger partial charge in [-0.3, -0.25) is 4.79 Å². The molecule has 128 valence electrons. The summed E-state index contributed by atoms with van der Waals surface area (Å²) in [6.07, 6.45) is 0.138. The van der Waals surface area contributed by atoms with Crippen LogP contribution in [0.1, 0.15) is 24.5 Å². The van der Waals surface area contributed by atoms with Crippen molar-refractivity contribution in [2.45, 2.75) is 32.9 Å². The van der Waals surface area contributed by atoms with E-state index < -0.39 is 6.10 Å². The number of amides is 1. The highest BCUT2D eigenvalue weighted by Gasteiger charge is 2.18. The summed E-state index contributed by atoms with van der Waals surface area (Å²) >= 11 is 0. The molecule has 0 radical (unpaired) electrons. The molecule has 0 aliphatic rings. The van der Waals surface area contributed by atoms with Crippen LogP contribution in [-0.4, -0.2) is 12.0 Å². The number of nitrogens with one attached hydrogen (secondary N) is 1. The molecule has 0 saturated heterocycles. The van der Waals surface area contributed by atoms with E-state index in [-0.39, 0.29) is 5.91 Å². The summed E-state index contributed by atoms with van der Waals surface area (Å²) in [6.45, 7) is 4.46. The lowest BCUT2D eigenvalue weighted by molar-refractivity contribution is -0.128. The van der Waals surface area contributed by atoms with E-state index in [0.717, 1.165) is 16.9 Å². The third-order valence-corrected chi connectivity index (χ3v) is 4.21. The minimum atomic E-state index is -0.484. The Morgan fingerprint density at radius 3 is 2.56 bits per heavy atom. The summed E-state index contributed by atoms with van der Waals surface area (Å²) in [5.74, 6) is 0.643. The SMILES string of the molecule is CC[C@@H](Oc1cccc(C)c1)C(=O)NCc1ccc2ccccc2c1. The van der Waals surface area contributed by atoms with E-state index >= 15 is 0 Å². The zero-order chi connectivity index (χ0) is 17.6. The molecule has 0 fully saturated rings. The van der Waals surface area contributed by atoms with Crippen molar-refractivity contribution in [2.75, 3.05) is 0 Å². The van der Waals surface area contributed by atoms with Crippen molar-refractivity contribution in [1.82, 2.24) is 5.32 Å². The second-order valence-electron chi connectivity index (χ2n) is 6.23. The lowest BCUT2D eigenvalue weighted by atomic mass is 10.1. The van der Waals surface area contributed by atoms with Gasteiger partial charge in [-0.1, -0.05) is 55.5 Å². The van der Waals surface area contributed by atoms with Crippen LogP contribution >= 0.6 is 0 Å². The third kappa shape index (κ3) is 4.38. The predicted octanol–water partition coefficient (Wildman–Crippen LogP) is 4.62. The van der Waals surface area contributed by atoms with Gasteiger partial charge in [0.05, 0.1) is 0 Å². The van der Waals surface area contributed by atoms with Gasteiger partial charge in [0.2, 0.25) is 0 Å². The van der Waals surface area contributed by atoms with Gasteiger partial charge in [-0.15, -0.1) is 0 Å². The Bertz CT molecular complexity index is 873. The Kier molecular flexibility index (Phi) is 5.34. The number of carbonyl (C=O) groups is 1. The summed E-state index contributed by atoms with van der Waals surface area (Å²) in [5, 5.41) is 5.36. The van der Waals surface area contributed by atoms with Gasteiger partial charge in [0.1, 0.15) is 5.75 Å². The monoisotopic (exact) mass is 333 g/mol. The molecule has 3 rings (SSSR count). The first-order valence-corrected chi connectivity index (χ1v) is 8.64. The van der Waals surface area contributed by atoms with Gasteiger partial charge in [-0.05, 0) is 53.4 Å². The first-order valence-electron chi connectivity index (χ1n) is 8.64. The van der Waals surface area contributed by atoms with Crippen LogP contribution in [0.3, 0.4) is 0 Å². The molecular weight excluding hydrogens is 310 g/mol. The molecule has 25 heavy (non-hydrogen) atoms. The van der Waals surface area contributed by atoms with Gasteiger partial charge in [0.15, 0.2) is 6.10 Å². The smallest absolute Gasteiger partial charge is 0.261 e. The quantitative estimate of drug-likeness (QED) is 0.715. The highest BCUT2D eigenvalue weighted by molar-refractivity contribution is 5.83. The van der Waals surface area contributed by atoms with Crippen LogP contribution < -0.4 is 10.1 Å². The first-order chi connectivity index (χ1) is 12.2. The van der Waals surface area contributed by atoms with Crippen molar-refractivity contribution in [1.29, 1.82) is 0 Å². The van der Waals surface area contributed by atoms with Gasteiger partial charge in [-0.2, -0.15) is 0 Å². The molecule has 1 N–H and O–H groups in total. The van der Waals surface area contributed by atoms with Crippen LogP contribution in [0, 0.1) is 6.92 Å². The molecule has 1 atom stereocenters. The van der Waals surface area contributed by atoms with Gasteiger partial charge in [-0.25, -0.2) is 0 Å².